The van der Waals surface area contributed by atoms with E-state index in [0.717, 1.165) is 20.5 Å². The molecule has 0 spiro atoms. The second-order valence-electron chi connectivity index (χ2n) is 5.49. The molecule has 3 rings (SSSR count). The minimum atomic E-state index is -0.659. The van der Waals surface area contributed by atoms with Crippen LogP contribution in [-0.4, -0.2) is 17.6 Å². The Balaban J connectivity index is 1.50. The number of aliphatic hydroxyl groups excluding tert-OH is 1. The van der Waals surface area contributed by atoms with Crippen molar-refractivity contribution in [1.82, 2.24) is 5.32 Å². The first-order valence-corrected chi connectivity index (χ1v) is 8.51. The van der Waals surface area contributed by atoms with Gasteiger partial charge in [-0.05, 0) is 29.5 Å². The minimum absolute atomic E-state index is 0.0333. The van der Waals surface area contributed by atoms with E-state index in [0.29, 0.717) is 12.8 Å². The second kappa shape index (κ2) is 7.40. The Kier molecular flexibility index (Phi) is 5.05. The van der Waals surface area contributed by atoms with Crippen LogP contribution in [0.5, 0.6) is 0 Å². The van der Waals surface area contributed by atoms with Crippen molar-refractivity contribution in [3.8, 4) is 0 Å². The van der Waals surface area contributed by atoms with Gasteiger partial charge in [-0.25, -0.2) is 0 Å². The highest BCUT2D eigenvalue weighted by atomic mass is 32.1. The van der Waals surface area contributed by atoms with Crippen LogP contribution in [0.15, 0.2) is 60.7 Å². The summed E-state index contributed by atoms with van der Waals surface area (Å²) in [7, 11) is 0. The summed E-state index contributed by atoms with van der Waals surface area (Å²) in [6.07, 6.45) is 0.488. The van der Waals surface area contributed by atoms with Crippen LogP contribution in [0, 0.1) is 0 Å². The molecular formula is C19H19NO2S. The Morgan fingerprint density at radius 3 is 2.61 bits per heavy atom. The Morgan fingerprint density at radius 2 is 1.83 bits per heavy atom. The summed E-state index contributed by atoms with van der Waals surface area (Å²) in [6.45, 7) is 0.250. The van der Waals surface area contributed by atoms with E-state index in [2.05, 4.69) is 5.32 Å². The lowest BCUT2D eigenvalue weighted by Gasteiger charge is -2.10. The first-order valence-electron chi connectivity index (χ1n) is 7.69. The Hall–Kier alpha value is -2.17. The molecule has 1 heterocycles. The molecule has 0 aliphatic carbocycles. The number of amides is 1. The van der Waals surface area contributed by atoms with Crippen LogP contribution in [0.4, 0.5) is 0 Å². The van der Waals surface area contributed by atoms with E-state index in [9.17, 15) is 9.90 Å². The molecule has 1 atom stereocenters. The summed E-state index contributed by atoms with van der Waals surface area (Å²) in [6, 6.07) is 20.0. The molecule has 0 aliphatic heterocycles. The summed E-state index contributed by atoms with van der Waals surface area (Å²) in [5.74, 6) is -0.0333. The van der Waals surface area contributed by atoms with Gasteiger partial charge in [-0.15, -0.1) is 11.3 Å². The number of fused-ring (bicyclic) bond motifs is 1. The van der Waals surface area contributed by atoms with E-state index in [1.807, 2.05) is 60.7 Å². The van der Waals surface area contributed by atoms with Crippen molar-refractivity contribution in [1.29, 1.82) is 0 Å². The number of rotatable bonds is 6. The van der Waals surface area contributed by atoms with Crippen LogP contribution in [0.3, 0.4) is 0 Å². The van der Waals surface area contributed by atoms with E-state index in [1.165, 1.54) is 0 Å². The third kappa shape index (κ3) is 4.18. The topological polar surface area (TPSA) is 49.3 Å². The number of benzene rings is 2. The van der Waals surface area contributed by atoms with Gasteiger partial charge in [0, 0.05) is 22.5 Å². The molecule has 2 aromatic carbocycles. The molecule has 0 radical (unpaired) electrons. The largest absolute Gasteiger partial charge is 0.386 e. The van der Waals surface area contributed by atoms with Crippen molar-refractivity contribution in [3.05, 3.63) is 71.1 Å². The lowest BCUT2D eigenvalue weighted by molar-refractivity contribution is -0.121. The minimum Gasteiger partial charge on any atom is -0.386 e. The van der Waals surface area contributed by atoms with Gasteiger partial charge in [-0.3, -0.25) is 4.79 Å². The smallest absolute Gasteiger partial charge is 0.220 e. The monoisotopic (exact) mass is 325 g/mol. The van der Waals surface area contributed by atoms with Gasteiger partial charge < -0.3 is 10.4 Å². The zero-order chi connectivity index (χ0) is 16.1. The summed E-state index contributed by atoms with van der Waals surface area (Å²) in [5.41, 5.74) is 1.15. The van der Waals surface area contributed by atoms with E-state index >= 15 is 0 Å². The molecular weight excluding hydrogens is 306 g/mol. The van der Waals surface area contributed by atoms with Gasteiger partial charge in [0.1, 0.15) is 6.10 Å². The van der Waals surface area contributed by atoms with Gasteiger partial charge in [-0.2, -0.15) is 0 Å². The molecule has 2 N–H and O–H groups in total. The average molecular weight is 325 g/mol. The number of thiophene rings is 1. The van der Waals surface area contributed by atoms with E-state index in [1.54, 1.807) is 11.3 Å². The zero-order valence-corrected chi connectivity index (χ0v) is 13.6. The van der Waals surface area contributed by atoms with Crippen LogP contribution in [0.25, 0.3) is 10.1 Å². The van der Waals surface area contributed by atoms with Crippen LogP contribution in [0.2, 0.25) is 0 Å². The fraction of sp³-hybridized carbons (Fsp3) is 0.211. The molecule has 1 amide bonds. The van der Waals surface area contributed by atoms with Gasteiger partial charge in [0.05, 0.1) is 0 Å². The second-order valence-corrected chi connectivity index (χ2v) is 6.61. The first-order chi connectivity index (χ1) is 11.2. The maximum Gasteiger partial charge on any atom is 0.220 e. The number of aliphatic hydroxyl groups is 1. The maximum absolute atomic E-state index is 11.9. The molecule has 4 heteroatoms. The van der Waals surface area contributed by atoms with Gasteiger partial charge in [0.2, 0.25) is 5.91 Å². The number of hydrogen-bond donors (Lipinski definition) is 2. The summed E-state index contributed by atoms with van der Waals surface area (Å²) >= 11 is 1.57. The van der Waals surface area contributed by atoms with Crippen LogP contribution < -0.4 is 5.32 Å². The Bertz CT molecular complexity index is 749. The van der Waals surface area contributed by atoms with E-state index in [-0.39, 0.29) is 12.5 Å². The number of nitrogens with one attached hydrogen (secondary N) is 1. The highest BCUT2D eigenvalue weighted by molar-refractivity contribution is 7.19. The normalized spacial score (nSPS) is 12.2. The van der Waals surface area contributed by atoms with Crippen molar-refractivity contribution in [2.45, 2.75) is 18.9 Å². The quantitative estimate of drug-likeness (QED) is 0.726. The van der Waals surface area contributed by atoms with E-state index < -0.39 is 6.10 Å². The highest BCUT2D eigenvalue weighted by Crippen LogP contribution is 2.29. The molecule has 1 unspecified atom stereocenters. The molecule has 1 aromatic heterocycles. The predicted molar refractivity (Wildman–Crippen MR) is 94.6 cm³/mol. The molecule has 23 heavy (non-hydrogen) atoms. The first kappa shape index (κ1) is 15.7. The van der Waals surface area contributed by atoms with Crippen molar-refractivity contribution in [2.24, 2.45) is 0 Å². The van der Waals surface area contributed by atoms with Crippen LogP contribution >= 0.6 is 11.3 Å². The number of carbonyl (C=O) groups excluding carboxylic acids is 1. The summed E-state index contributed by atoms with van der Waals surface area (Å²) in [4.78, 5) is 12.8. The van der Waals surface area contributed by atoms with Crippen LogP contribution in [-0.2, 0) is 11.2 Å². The number of aryl methyl sites for hydroxylation is 1. The lowest BCUT2D eigenvalue weighted by Crippen LogP contribution is -2.28. The predicted octanol–water partition coefficient (Wildman–Crippen LogP) is 3.68. The highest BCUT2D eigenvalue weighted by Gasteiger charge is 2.12. The molecule has 3 nitrogen and oxygen atoms in total. The van der Waals surface area contributed by atoms with Gasteiger partial charge in [0.15, 0.2) is 0 Å². The molecule has 0 saturated heterocycles. The van der Waals surface area contributed by atoms with Crippen molar-refractivity contribution >= 4 is 27.3 Å². The fourth-order valence-electron chi connectivity index (χ4n) is 2.47. The average Bonchev–Trinajstić information content (AvgIpc) is 3.03. The van der Waals surface area contributed by atoms with Crippen molar-refractivity contribution in [2.75, 3.05) is 6.54 Å². The van der Waals surface area contributed by atoms with Gasteiger partial charge in [-0.1, -0.05) is 48.5 Å². The van der Waals surface area contributed by atoms with Crippen molar-refractivity contribution in [3.63, 3.8) is 0 Å². The molecule has 3 aromatic rings. The standard InChI is InChI=1S/C19H19NO2S/c21-16(18-12-15-8-4-5-9-17(15)23-18)13-20-19(22)11-10-14-6-2-1-3-7-14/h1-9,12,16,21H,10-11,13H2,(H,20,22). The number of carbonyl (C=O) groups is 1. The van der Waals surface area contributed by atoms with Crippen molar-refractivity contribution < 1.29 is 9.90 Å². The van der Waals surface area contributed by atoms with Gasteiger partial charge in [0.25, 0.3) is 0 Å². The van der Waals surface area contributed by atoms with E-state index in [4.69, 9.17) is 0 Å². The molecule has 0 bridgehead atoms. The summed E-state index contributed by atoms with van der Waals surface area (Å²) in [5, 5.41) is 14.2. The maximum atomic E-state index is 11.9. The molecule has 0 aliphatic rings. The molecule has 0 fully saturated rings. The zero-order valence-electron chi connectivity index (χ0n) is 12.7. The fourth-order valence-corrected chi connectivity index (χ4v) is 3.52. The SMILES string of the molecule is O=C(CCc1ccccc1)NCC(O)c1cc2ccccc2s1. The lowest BCUT2D eigenvalue weighted by atomic mass is 10.1. The Labute approximate surface area is 139 Å². The molecule has 0 saturated carbocycles. The van der Waals surface area contributed by atoms with Crippen LogP contribution in [0.1, 0.15) is 23.0 Å². The third-order valence-corrected chi connectivity index (χ3v) is 4.97. The van der Waals surface area contributed by atoms with Gasteiger partial charge >= 0.3 is 0 Å². The Morgan fingerprint density at radius 1 is 1.09 bits per heavy atom. The summed E-state index contributed by atoms with van der Waals surface area (Å²) < 4.78 is 1.15. The number of hydrogen-bond acceptors (Lipinski definition) is 3. The third-order valence-electron chi connectivity index (χ3n) is 3.75. The molecule has 118 valence electrons.